The van der Waals surface area contributed by atoms with Crippen LogP contribution in [0.4, 0.5) is 0 Å². The quantitative estimate of drug-likeness (QED) is 0.204. The molecule has 88 valence electrons. The molecule has 0 saturated heterocycles. The number of unbranched alkanes of at least 4 members (excludes halogenated alkanes) is 2. The molecule has 0 rings (SSSR count). The Bertz CT molecular complexity index is 191. The fourth-order valence-corrected chi connectivity index (χ4v) is 1.21. The van der Waals surface area contributed by atoms with Gasteiger partial charge in [-0.2, -0.15) is 0 Å². The smallest absolute Gasteiger partial charge is 0.152 e. The lowest BCUT2D eigenvalue weighted by molar-refractivity contribution is -0.454. The third-order valence-corrected chi connectivity index (χ3v) is 1.96. The molecule has 4 nitrogen and oxygen atoms in total. The molecule has 0 heterocycles. The fourth-order valence-electron chi connectivity index (χ4n) is 1.21. The minimum Gasteiger partial charge on any atom is -0.624 e. The predicted molar refractivity (Wildman–Crippen MR) is 63.5 cm³/mol. The van der Waals surface area contributed by atoms with Crippen molar-refractivity contribution in [2.75, 3.05) is 13.1 Å². The van der Waals surface area contributed by atoms with Gasteiger partial charge in [0.05, 0.1) is 0 Å². The molecule has 0 fully saturated rings. The molecule has 0 atom stereocenters. The molecule has 0 N–H and O–H groups in total. The van der Waals surface area contributed by atoms with Crippen molar-refractivity contribution in [2.24, 2.45) is 0 Å². The third kappa shape index (κ3) is 9.25. The number of nitrogens with zero attached hydrogens (tertiary/aromatic N) is 2. The van der Waals surface area contributed by atoms with Crippen molar-refractivity contribution in [3.8, 4) is 0 Å². The molecular formula is C11H22N2O2. The number of rotatable bonds is 8. The van der Waals surface area contributed by atoms with Crippen molar-refractivity contribution in [3.63, 3.8) is 0 Å². The van der Waals surface area contributed by atoms with E-state index in [-0.39, 0.29) is 0 Å². The Labute approximate surface area is 92.1 Å². The SMILES string of the molecule is CCC[N+]([O-])=CCCCC=[N+]([O-])CCC. The molecule has 0 bridgehead atoms. The first-order valence-corrected chi connectivity index (χ1v) is 5.74. The topological polar surface area (TPSA) is 52.1 Å². The van der Waals surface area contributed by atoms with E-state index in [1.807, 2.05) is 13.8 Å². The Balaban J connectivity index is 3.54. The van der Waals surface area contributed by atoms with Gasteiger partial charge in [0.15, 0.2) is 25.5 Å². The van der Waals surface area contributed by atoms with E-state index in [0.717, 1.165) is 41.6 Å². The molecule has 0 radical (unpaired) electrons. The molecular weight excluding hydrogens is 192 g/mol. The minimum atomic E-state index is 0.563. The van der Waals surface area contributed by atoms with E-state index >= 15 is 0 Å². The predicted octanol–water partition coefficient (Wildman–Crippen LogP) is 2.14. The van der Waals surface area contributed by atoms with Crippen LogP contribution in [0.2, 0.25) is 0 Å². The largest absolute Gasteiger partial charge is 0.624 e. The summed E-state index contributed by atoms with van der Waals surface area (Å²) in [6.07, 6.45) is 7.43. The summed E-state index contributed by atoms with van der Waals surface area (Å²) in [6.45, 7) is 5.08. The van der Waals surface area contributed by atoms with Crippen LogP contribution < -0.4 is 0 Å². The first-order valence-electron chi connectivity index (χ1n) is 5.74. The van der Waals surface area contributed by atoms with E-state index in [1.165, 1.54) is 0 Å². The molecule has 0 aliphatic rings. The lowest BCUT2D eigenvalue weighted by Gasteiger charge is -2.01. The second kappa shape index (κ2) is 9.49. The number of hydrogen-bond acceptors (Lipinski definition) is 2. The molecule has 0 saturated carbocycles. The normalized spacial score (nSPS) is 13.2. The summed E-state index contributed by atoms with van der Waals surface area (Å²) in [5, 5.41) is 22.0. The van der Waals surface area contributed by atoms with E-state index in [1.54, 1.807) is 12.4 Å². The Hall–Kier alpha value is -1.06. The maximum Gasteiger partial charge on any atom is 0.152 e. The summed E-state index contributed by atoms with van der Waals surface area (Å²) in [5.41, 5.74) is 0. The van der Waals surface area contributed by atoms with E-state index in [9.17, 15) is 10.4 Å². The molecule has 0 aliphatic carbocycles. The van der Waals surface area contributed by atoms with Crippen LogP contribution in [0.3, 0.4) is 0 Å². The third-order valence-electron chi connectivity index (χ3n) is 1.96. The highest BCUT2D eigenvalue weighted by atomic mass is 16.5. The zero-order valence-corrected chi connectivity index (χ0v) is 9.82. The summed E-state index contributed by atoms with van der Waals surface area (Å²) in [5.74, 6) is 0. The Morgan fingerprint density at radius 1 is 0.867 bits per heavy atom. The van der Waals surface area contributed by atoms with Gasteiger partial charge in [0.25, 0.3) is 0 Å². The molecule has 0 unspecified atom stereocenters. The molecule has 0 spiro atoms. The van der Waals surface area contributed by atoms with Crippen molar-refractivity contribution < 1.29 is 9.48 Å². The van der Waals surface area contributed by atoms with E-state index in [2.05, 4.69) is 0 Å². The van der Waals surface area contributed by atoms with Gasteiger partial charge < -0.3 is 10.4 Å². The van der Waals surface area contributed by atoms with Crippen molar-refractivity contribution in [3.05, 3.63) is 10.4 Å². The van der Waals surface area contributed by atoms with Gasteiger partial charge in [-0.05, 0) is 6.42 Å². The number of hydroxylamine groups is 2. The first kappa shape index (κ1) is 13.9. The van der Waals surface area contributed by atoms with Gasteiger partial charge in [0, 0.05) is 25.7 Å². The lowest BCUT2D eigenvalue weighted by Crippen LogP contribution is -2.07. The van der Waals surface area contributed by atoms with Crippen molar-refractivity contribution in [2.45, 2.75) is 46.0 Å². The highest BCUT2D eigenvalue weighted by Crippen LogP contribution is 1.91. The van der Waals surface area contributed by atoms with E-state index < -0.39 is 0 Å². The van der Waals surface area contributed by atoms with E-state index in [4.69, 9.17) is 0 Å². The van der Waals surface area contributed by atoms with Crippen molar-refractivity contribution in [1.82, 2.24) is 0 Å². The zero-order chi connectivity index (χ0) is 11.5. The molecule has 0 aromatic carbocycles. The summed E-state index contributed by atoms with van der Waals surface area (Å²) in [7, 11) is 0. The molecule has 0 aromatic rings. The first-order chi connectivity index (χ1) is 7.20. The van der Waals surface area contributed by atoms with Crippen molar-refractivity contribution in [1.29, 1.82) is 0 Å². The molecule has 0 aliphatic heterocycles. The van der Waals surface area contributed by atoms with Gasteiger partial charge in [-0.1, -0.05) is 13.8 Å². The highest BCUT2D eigenvalue weighted by Gasteiger charge is 1.93. The van der Waals surface area contributed by atoms with Crippen LogP contribution >= 0.6 is 0 Å². The lowest BCUT2D eigenvalue weighted by atomic mass is 10.2. The zero-order valence-electron chi connectivity index (χ0n) is 9.82. The summed E-state index contributed by atoms with van der Waals surface area (Å²) >= 11 is 0. The fraction of sp³-hybridized carbons (Fsp3) is 0.818. The Morgan fingerprint density at radius 2 is 1.27 bits per heavy atom. The van der Waals surface area contributed by atoms with E-state index in [0.29, 0.717) is 13.1 Å². The maximum absolute atomic E-state index is 11.0. The average molecular weight is 214 g/mol. The molecule has 0 amide bonds. The maximum atomic E-state index is 11.0. The Kier molecular flexibility index (Phi) is 8.82. The number of hydrogen-bond donors (Lipinski definition) is 0. The van der Waals surface area contributed by atoms with Crippen LogP contribution in [0.5, 0.6) is 0 Å². The van der Waals surface area contributed by atoms with Crippen LogP contribution in [-0.4, -0.2) is 35.0 Å². The van der Waals surface area contributed by atoms with Crippen LogP contribution in [0, 0.1) is 10.4 Å². The molecule has 0 aromatic heterocycles. The van der Waals surface area contributed by atoms with Gasteiger partial charge in [0.2, 0.25) is 0 Å². The van der Waals surface area contributed by atoms with Gasteiger partial charge in [0.1, 0.15) is 0 Å². The average Bonchev–Trinajstić information content (AvgIpc) is 2.18. The summed E-state index contributed by atoms with van der Waals surface area (Å²) < 4.78 is 1.95. The minimum absolute atomic E-state index is 0.563. The van der Waals surface area contributed by atoms with Crippen LogP contribution in [-0.2, 0) is 0 Å². The highest BCUT2D eigenvalue weighted by molar-refractivity contribution is 5.54. The monoisotopic (exact) mass is 214 g/mol. The standard InChI is InChI=1S/C11H22N2O2/c1-3-8-12(14)10-6-5-7-11-13(15)9-4-2/h10-11H,3-9H2,1-2H3. The summed E-state index contributed by atoms with van der Waals surface area (Å²) in [4.78, 5) is 0. The summed E-state index contributed by atoms with van der Waals surface area (Å²) in [6, 6.07) is 0. The van der Waals surface area contributed by atoms with Gasteiger partial charge >= 0.3 is 0 Å². The second-order valence-corrected chi connectivity index (χ2v) is 3.58. The molecule has 15 heavy (non-hydrogen) atoms. The van der Waals surface area contributed by atoms with Gasteiger partial charge in [-0.3, -0.25) is 0 Å². The Morgan fingerprint density at radius 3 is 1.60 bits per heavy atom. The van der Waals surface area contributed by atoms with Gasteiger partial charge in [-0.25, -0.2) is 9.48 Å². The van der Waals surface area contributed by atoms with Crippen LogP contribution in [0.1, 0.15) is 46.0 Å². The van der Waals surface area contributed by atoms with Crippen LogP contribution in [0.15, 0.2) is 0 Å². The van der Waals surface area contributed by atoms with Gasteiger partial charge in [-0.15, -0.1) is 0 Å². The molecule has 4 heteroatoms. The van der Waals surface area contributed by atoms with Crippen molar-refractivity contribution >= 4 is 12.4 Å². The van der Waals surface area contributed by atoms with Crippen LogP contribution in [0.25, 0.3) is 0 Å². The second-order valence-electron chi connectivity index (χ2n) is 3.58.